The van der Waals surface area contributed by atoms with Crippen LogP contribution < -0.4 is 5.63 Å². The summed E-state index contributed by atoms with van der Waals surface area (Å²) >= 11 is 1.56. The molecule has 1 aromatic carbocycles. The highest BCUT2D eigenvalue weighted by atomic mass is 32.1. The van der Waals surface area contributed by atoms with Crippen molar-refractivity contribution < 1.29 is 19.1 Å². The molecule has 3 heterocycles. The highest BCUT2D eigenvalue weighted by Crippen LogP contribution is 2.49. The van der Waals surface area contributed by atoms with Gasteiger partial charge in [-0.2, -0.15) is 0 Å². The molecule has 0 bridgehead atoms. The van der Waals surface area contributed by atoms with Crippen LogP contribution in [0.15, 0.2) is 63.9 Å². The van der Waals surface area contributed by atoms with Crippen molar-refractivity contribution in [2.45, 2.75) is 64.8 Å². The first-order valence-corrected chi connectivity index (χ1v) is 14.3. The molecule has 4 aromatic rings. The van der Waals surface area contributed by atoms with Gasteiger partial charge in [0.1, 0.15) is 11.5 Å². The maximum atomic E-state index is 13.3. The number of thiophene rings is 1. The topological polar surface area (TPSA) is 107 Å². The summed E-state index contributed by atoms with van der Waals surface area (Å²) in [6.45, 7) is 6.49. The zero-order valence-electron chi connectivity index (χ0n) is 22.8. The van der Waals surface area contributed by atoms with Gasteiger partial charge in [-0.15, -0.1) is 16.4 Å². The fourth-order valence-electron chi connectivity index (χ4n) is 4.76. The van der Waals surface area contributed by atoms with Crippen molar-refractivity contribution in [2.75, 3.05) is 7.11 Å². The molecule has 9 heteroatoms. The molecule has 2 atom stereocenters. The third-order valence-corrected chi connectivity index (χ3v) is 8.00. The number of ether oxygens (including phenoxy) is 1. The van der Waals surface area contributed by atoms with E-state index in [1.807, 2.05) is 44.2 Å². The molecule has 206 valence electrons. The van der Waals surface area contributed by atoms with E-state index in [4.69, 9.17) is 4.42 Å². The molecule has 0 spiro atoms. The first-order valence-electron chi connectivity index (χ1n) is 13.4. The van der Waals surface area contributed by atoms with Gasteiger partial charge in [0.05, 0.1) is 25.4 Å². The van der Waals surface area contributed by atoms with E-state index >= 15 is 0 Å². The van der Waals surface area contributed by atoms with Gasteiger partial charge in [-0.25, -0.2) is 14.3 Å². The highest BCUT2D eigenvalue weighted by molar-refractivity contribution is 7.12. The van der Waals surface area contributed by atoms with Gasteiger partial charge < -0.3 is 14.3 Å². The van der Waals surface area contributed by atoms with Crippen molar-refractivity contribution >= 4 is 17.3 Å². The summed E-state index contributed by atoms with van der Waals surface area (Å²) in [5.74, 6) is 0.0524. The summed E-state index contributed by atoms with van der Waals surface area (Å²) in [4.78, 5) is 26.9. The van der Waals surface area contributed by atoms with E-state index in [1.165, 1.54) is 7.11 Å². The van der Waals surface area contributed by atoms with Gasteiger partial charge in [0.15, 0.2) is 5.69 Å². The van der Waals surface area contributed by atoms with Crippen LogP contribution in [0.3, 0.4) is 0 Å². The summed E-state index contributed by atoms with van der Waals surface area (Å²) in [6, 6.07) is 15.7. The molecule has 5 rings (SSSR count). The van der Waals surface area contributed by atoms with Crippen LogP contribution >= 0.6 is 11.3 Å². The number of carbonyl (C=O) groups is 1. The number of rotatable bonds is 10. The zero-order valence-corrected chi connectivity index (χ0v) is 23.6. The van der Waals surface area contributed by atoms with E-state index in [1.54, 1.807) is 28.3 Å². The van der Waals surface area contributed by atoms with Crippen molar-refractivity contribution in [1.82, 2.24) is 15.0 Å². The second-order valence-corrected chi connectivity index (χ2v) is 10.6. The Bertz CT molecular complexity index is 1440. The number of methoxy groups -OCH3 is 1. The summed E-state index contributed by atoms with van der Waals surface area (Å²) < 4.78 is 12.1. The Morgan fingerprint density at radius 2 is 1.95 bits per heavy atom. The molecule has 1 aliphatic carbocycles. The molecule has 0 saturated heterocycles. The number of nitrogens with zero attached hydrogens (tertiary/aromatic N) is 3. The number of aromatic nitrogens is 3. The lowest BCUT2D eigenvalue weighted by Crippen LogP contribution is -2.17. The Kier molecular flexibility index (Phi) is 9.35. The van der Waals surface area contributed by atoms with E-state index in [-0.39, 0.29) is 29.2 Å². The highest BCUT2D eigenvalue weighted by Gasteiger charge is 2.38. The van der Waals surface area contributed by atoms with Gasteiger partial charge in [-0.1, -0.05) is 56.3 Å². The molecule has 0 aliphatic heterocycles. The molecule has 39 heavy (non-hydrogen) atoms. The van der Waals surface area contributed by atoms with Crippen molar-refractivity contribution in [3.05, 3.63) is 97.5 Å². The van der Waals surface area contributed by atoms with E-state index in [9.17, 15) is 14.7 Å². The largest absolute Gasteiger partial charge is 0.507 e. The van der Waals surface area contributed by atoms with Crippen LogP contribution in [0.1, 0.15) is 89.0 Å². The minimum absolute atomic E-state index is 0.000302. The van der Waals surface area contributed by atoms with E-state index in [2.05, 4.69) is 34.1 Å². The third kappa shape index (κ3) is 6.65. The molecule has 1 fully saturated rings. The number of esters is 1. The van der Waals surface area contributed by atoms with Gasteiger partial charge in [-0.05, 0) is 49.3 Å². The molecule has 1 aliphatic rings. The molecule has 0 amide bonds. The van der Waals surface area contributed by atoms with Crippen molar-refractivity contribution in [3.8, 4) is 5.75 Å². The SMILES string of the molecule is CC.CCC(Cc1ccccc1)c1cc(O)c(C(c2ccc(Cn3cc(C(=O)OC)nn3)s2)C2CC2)c(=O)o1. The number of aromatic hydroxyl groups is 1. The molecule has 2 unspecified atom stereocenters. The maximum absolute atomic E-state index is 13.3. The molecule has 1 N–H and O–H groups in total. The lowest BCUT2D eigenvalue weighted by atomic mass is 9.90. The first kappa shape index (κ1) is 28.3. The number of benzene rings is 1. The quantitative estimate of drug-likeness (QED) is 0.237. The predicted molar refractivity (Wildman–Crippen MR) is 151 cm³/mol. The van der Waals surface area contributed by atoms with E-state index in [0.29, 0.717) is 17.9 Å². The molecule has 1 saturated carbocycles. The van der Waals surface area contributed by atoms with Gasteiger partial charge in [0, 0.05) is 27.7 Å². The van der Waals surface area contributed by atoms with Crippen LogP contribution in [0.4, 0.5) is 0 Å². The van der Waals surface area contributed by atoms with Crippen molar-refractivity contribution in [3.63, 3.8) is 0 Å². The maximum Gasteiger partial charge on any atom is 0.360 e. The molecule has 3 aromatic heterocycles. The first-order chi connectivity index (χ1) is 19.0. The third-order valence-electron chi connectivity index (χ3n) is 6.85. The average molecular weight is 550 g/mol. The van der Waals surface area contributed by atoms with Crippen LogP contribution in [0, 0.1) is 5.92 Å². The number of hydrogen-bond donors (Lipinski definition) is 1. The van der Waals surface area contributed by atoms with Crippen LogP contribution in [0.2, 0.25) is 0 Å². The monoisotopic (exact) mass is 549 g/mol. The predicted octanol–water partition coefficient (Wildman–Crippen LogP) is 6.14. The Morgan fingerprint density at radius 3 is 2.59 bits per heavy atom. The van der Waals surface area contributed by atoms with Gasteiger partial charge in [0.25, 0.3) is 0 Å². The number of carbonyl (C=O) groups excluding carboxylic acids is 1. The lowest BCUT2D eigenvalue weighted by Gasteiger charge is -2.18. The van der Waals surface area contributed by atoms with Crippen molar-refractivity contribution in [2.24, 2.45) is 5.92 Å². The summed E-state index contributed by atoms with van der Waals surface area (Å²) in [5, 5.41) is 18.9. The summed E-state index contributed by atoms with van der Waals surface area (Å²) in [5.41, 5.74) is 1.18. The molecular formula is C30H35N3O5S. The summed E-state index contributed by atoms with van der Waals surface area (Å²) in [6.07, 6.45) is 5.06. The Hall–Kier alpha value is -3.72. The van der Waals surface area contributed by atoms with Crippen LogP contribution in [-0.2, 0) is 17.7 Å². The van der Waals surface area contributed by atoms with E-state index < -0.39 is 11.6 Å². The van der Waals surface area contributed by atoms with Gasteiger partial charge in [0.2, 0.25) is 0 Å². The van der Waals surface area contributed by atoms with Crippen LogP contribution in [0.5, 0.6) is 5.75 Å². The molecular weight excluding hydrogens is 514 g/mol. The summed E-state index contributed by atoms with van der Waals surface area (Å²) in [7, 11) is 1.30. The van der Waals surface area contributed by atoms with Gasteiger partial charge in [-0.3, -0.25) is 0 Å². The normalized spacial score (nSPS) is 14.3. The minimum atomic E-state index is -0.536. The Morgan fingerprint density at radius 1 is 1.21 bits per heavy atom. The second-order valence-electron chi connectivity index (χ2n) is 9.44. The fourth-order valence-corrected chi connectivity index (χ4v) is 5.97. The average Bonchev–Trinajstić information content (AvgIpc) is 3.50. The van der Waals surface area contributed by atoms with Crippen LogP contribution in [-0.4, -0.2) is 33.2 Å². The number of hydrogen-bond acceptors (Lipinski definition) is 8. The Balaban J connectivity index is 0.00000172. The standard InChI is InChI=1S/C28H29N3O5S.C2H6/c1-3-18(13-17-7-5-4-6-8-17)23-14-22(32)26(28(34)36-23)25(19-9-10-19)24-12-11-20(37-24)15-31-16-21(29-30-31)27(33)35-2;1-2/h4-8,11-12,14,16,18-19,25,32H,3,9-10,13,15H2,1-2H3;1-2H3. The molecule has 0 radical (unpaired) electrons. The zero-order chi connectivity index (χ0) is 27.9. The fraction of sp³-hybridized carbons (Fsp3) is 0.400. The smallest absolute Gasteiger partial charge is 0.360 e. The minimum Gasteiger partial charge on any atom is -0.507 e. The van der Waals surface area contributed by atoms with Crippen LogP contribution in [0.25, 0.3) is 0 Å². The van der Waals surface area contributed by atoms with E-state index in [0.717, 1.165) is 41.0 Å². The van der Waals surface area contributed by atoms with Gasteiger partial charge >= 0.3 is 11.6 Å². The molecule has 8 nitrogen and oxygen atoms in total. The Labute approximate surface area is 232 Å². The lowest BCUT2D eigenvalue weighted by molar-refractivity contribution is 0.0594. The van der Waals surface area contributed by atoms with Crippen molar-refractivity contribution in [1.29, 1.82) is 0 Å². The second kappa shape index (κ2) is 12.9.